The lowest BCUT2D eigenvalue weighted by atomic mass is 10.1. The summed E-state index contributed by atoms with van der Waals surface area (Å²) in [6, 6.07) is 6.08. The zero-order valence-electron chi connectivity index (χ0n) is 10.5. The number of nitrogens with two attached hydrogens (primary N) is 1. The molecular weight excluding hydrogens is 170 g/mol. The predicted octanol–water partition coefficient (Wildman–Crippen LogP) is 4.33. The highest BCUT2D eigenvalue weighted by Crippen LogP contribution is 2.10. The van der Waals surface area contributed by atoms with Gasteiger partial charge in [-0.2, -0.15) is 0 Å². The quantitative estimate of drug-likeness (QED) is 0.613. The van der Waals surface area contributed by atoms with Gasteiger partial charge in [0.1, 0.15) is 0 Å². The van der Waals surface area contributed by atoms with Crippen molar-refractivity contribution >= 4 is 5.69 Å². The fourth-order valence-electron chi connectivity index (χ4n) is 0.760. The summed E-state index contributed by atoms with van der Waals surface area (Å²) < 4.78 is 0. The van der Waals surface area contributed by atoms with Crippen LogP contribution in [0.25, 0.3) is 0 Å². The molecule has 0 spiro atoms. The minimum absolute atomic E-state index is 0.884. The Morgan fingerprint density at radius 2 is 1.50 bits per heavy atom. The van der Waals surface area contributed by atoms with Gasteiger partial charge in [-0.15, -0.1) is 0 Å². The van der Waals surface area contributed by atoms with E-state index < -0.39 is 0 Å². The van der Waals surface area contributed by atoms with Crippen LogP contribution in [0.5, 0.6) is 0 Å². The first-order valence-corrected chi connectivity index (χ1v) is 5.44. The maximum absolute atomic E-state index is 5.62. The highest BCUT2D eigenvalue weighted by Gasteiger charge is 1.89. The van der Waals surface area contributed by atoms with E-state index in [1.165, 1.54) is 12.0 Å². The molecule has 1 aromatic carbocycles. The van der Waals surface area contributed by atoms with Gasteiger partial charge in [-0.3, -0.25) is 0 Å². The second-order valence-electron chi connectivity index (χ2n) is 3.07. The van der Waals surface area contributed by atoms with Crippen molar-refractivity contribution in [3.63, 3.8) is 0 Å². The third-order valence-corrected chi connectivity index (χ3v) is 1.43. The van der Waals surface area contributed by atoms with E-state index in [1.807, 2.05) is 39.8 Å². The van der Waals surface area contributed by atoms with Crippen LogP contribution in [-0.4, -0.2) is 0 Å². The highest BCUT2D eigenvalue weighted by molar-refractivity contribution is 5.47. The first-order valence-electron chi connectivity index (χ1n) is 5.44. The Hall–Kier alpha value is -0.980. The Balaban J connectivity index is 0. The molecule has 0 aliphatic carbocycles. The van der Waals surface area contributed by atoms with Crippen LogP contribution in [0.4, 0.5) is 5.69 Å². The van der Waals surface area contributed by atoms with Gasteiger partial charge in [-0.05, 0) is 31.0 Å². The van der Waals surface area contributed by atoms with Crippen molar-refractivity contribution in [3.05, 3.63) is 29.3 Å². The molecule has 0 radical (unpaired) electrons. The first kappa shape index (κ1) is 15.5. The van der Waals surface area contributed by atoms with Gasteiger partial charge in [0.05, 0.1) is 0 Å². The highest BCUT2D eigenvalue weighted by atomic mass is 14.5. The summed E-state index contributed by atoms with van der Waals surface area (Å²) in [6.07, 6.45) is 1.25. The van der Waals surface area contributed by atoms with E-state index in [1.54, 1.807) is 0 Å². The predicted molar refractivity (Wildman–Crippen MR) is 67.6 cm³/mol. The maximum atomic E-state index is 5.62. The molecule has 1 nitrogen and oxygen atoms in total. The van der Waals surface area contributed by atoms with Crippen LogP contribution in [-0.2, 0) is 0 Å². The smallest absolute Gasteiger partial charge is 0.0346 e. The molecule has 1 heteroatoms. The molecule has 0 aromatic heterocycles. The van der Waals surface area contributed by atoms with E-state index in [9.17, 15) is 0 Å². The number of benzene rings is 1. The van der Waals surface area contributed by atoms with Gasteiger partial charge in [0.2, 0.25) is 0 Å². The minimum atomic E-state index is 0.884. The number of anilines is 1. The summed E-state index contributed by atoms with van der Waals surface area (Å²) >= 11 is 0. The van der Waals surface area contributed by atoms with Crippen LogP contribution in [0.3, 0.4) is 0 Å². The average molecular weight is 195 g/mol. The third-order valence-electron chi connectivity index (χ3n) is 1.43. The second kappa shape index (κ2) is 10.1. The summed E-state index contributed by atoms with van der Waals surface area (Å²) in [4.78, 5) is 0. The third kappa shape index (κ3) is 7.66. The van der Waals surface area contributed by atoms with E-state index in [2.05, 4.69) is 19.9 Å². The van der Waals surface area contributed by atoms with Crippen molar-refractivity contribution < 1.29 is 0 Å². The van der Waals surface area contributed by atoms with Gasteiger partial charge in [0.25, 0.3) is 0 Å². The summed E-state index contributed by atoms with van der Waals surface area (Å²) in [5, 5.41) is 0. The van der Waals surface area contributed by atoms with E-state index >= 15 is 0 Å². The van der Waals surface area contributed by atoms with Gasteiger partial charge in [0.15, 0.2) is 0 Å². The molecule has 82 valence electrons. The van der Waals surface area contributed by atoms with E-state index in [0.717, 1.165) is 11.3 Å². The monoisotopic (exact) mass is 195 g/mol. The molecule has 1 rings (SSSR count). The van der Waals surface area contributed by atoms with Crippen LogP contribution in [0, 0.1) is 13.8 Å². The fraction of sp³-hybridized carbons (Fsp3) is 0.538. The van der Waals surface area contributed by atoms with Crippen LogP contribution < -0.4 is 5.73 Å². The molecule has 14 heavy (non-hydrogen) atoms. The molecule has 0 amide bonds. The summed E-state index contributed by atoms with van der Waals surface area (Å²) in [5.74, 6) is 0. The number of rotatable bonds is 0. The van der Waals surface area contributed by atoms with Crippen molar-refractivity contribution in [1.82, 2.24) is 0 Å². The van der Waals surface area contributed by atoms with Crippen molar-refractivity contribution in [2.75, 3.05) is 5.73 Å². The normalized spacial score (nSPS) is 7.86. The van der Waals surface area contributed by atoms with Crippen LogP contribution >= 0.6 is 0 Å². The van der Waals surface area contributed by atoms with Crippen LogP contribution in [0.15, 0.2) is 18.2 Å². The lowest BCUT2D eigenvalue weighted by Gasteiger charge is -1.98. The average Bonchev–Trinajstić information content (AvgIpc) is 2.17. The van der Waals surface area contributed by atoms with Gasteiger partial charge >= 0.3 is 0 Å². The number of hydrogen-bond acceptors (Lipinski definition) is 1. The molecule has 0 aliphatic rings. The zero-order valence-corrected chi connectivity index (χ0v) is 10.5. The minimum Gasteiger partial charge on any atom is -0.399 e. The Morgan fingerprint density at radius 1 is 1.07 bits per heavy atom. The fourth-order valence-corrected chi connectivity index (χ4v) is 0.760. The topological polar surface area (TPSA) is 26.0 Å². The van der Waals surface area contributed by atoms with Crippen molar-refractivity contribution in [3.8, 4) is 0 Å². The van der Waals surface area contributed by atoms with Gasteiger partial charge < -0.3 is 5.73 Å². The summed E-state index contributed by atoms with van der Waals surface area (Å²) in [6.45, 7) is 12.3. The van der Waals surface area contributed by atoms with Crippen molar-refractivity contribution in [2.45, 2.75) is 48.0 Å². The molecule has 0 saturated carbocycles. The SMILES string of the molecule is CC.CCC.Cc1ccc(C)c(N)c1. The van der Waals surface area contributed by atoms with E-state index in [0.29, 0.717) is 0 Å². The lowest BCUT2D eigenvalue weighted by molar-refractivity contribution is 1.09. The molecule has 0 aliphatic heterocycles. The molecule has 2 N–H and O–H groups in total. The van der Waals surface area contributed by atoms with E-state index in [-0.39, 0.29) is 0 Å². The van der Waals surface area contributed by atoms with Crippen LogP contribution in [0.1, 0.15) is 45.2 Å². The van der Waals surface area contributed by atoms with Crippen molar-refractivity contribution in [1.29, 1.82) is 0 Å². The molecule has 0 bridgehead atoms. The molecule has 0 fully saturated rings. The molecule has 0 unspecified atom stereocenters. The van der Waals surface area contributed by atoms with Gasteiger partial charge in [0, 0.05) is 5.69 Å². The number of aryl methyl sites for hydroxylation is 2. The second-order valence-corrected chi connectivity index (χ2v) is 3.07. The van der Waals surface area contributed by atoms with Crippen LogP contribution in [0.2, 0.25) is 0 Å². The van der Waals surface area contributed by atoms with Gasteiger partial charge in [-0.1, -0.05) is 46.2 Å². The Morgan fingerprint density at radius 3 is 1.79 bits per heavy atom. The molecule has 0 saturated heterocycles. The first-order chi connectivity index (χ1) is 6.61. The molecule has 0 atom stereocenters. The Kier molecular flexibility index (Phi) is 11.2. The van der Waals surface area contributed by atoms with Crippen molar-refractivity contribution in [2.24, 2.45) is 0 Å². The summed E-state index contributed by atoms with van der Waals surface area (Å²) in [7, 11) is 0. The number of hydrogen-bond donors (Lipinski definition) is 1. The number of nitrogen functional groups attached to an aromatic ring is 1. The lowest BCUT2D eigenvalue weighted by Crippen LogP contribution is -1.88. The molecule has 1 aromatic rings. The largest absolute Gasteiger partial charge is 0.399 e. The Labute approximate surface area is 89.3 Å². The van der Waals surface area contributed by atoms with E-state index in [4.69, 9.17) is 5.73 Å². The maximum Gasteiger partial charge on any atom is 0.0346 e. The Bertz CT molecular complexity index is 229. The molecule has 0 heterocycles. The standard InChI is InChI=1S/C8H11N.C3H8.C2H6/c1-6-3-4-7(2)8(9)5-6;1-3-2;1-2/h3-5H,9H2,1-2H3;3H2,1-2H3;1-2H3. The molecular formula is C13H25N. The summed E-state index contributed by atoms with van der Waals surface area (Å²) in [5.41, 5.74) is 8.88. The van der Waals surface area contributed by atoms with Gasteiger partial charge in [-0.25, -0.2) is 0 Å². The zero-order chi connectivity index (χ0) is 11.6.